The lowest BCUT2D eigenvalue weighted by Crippen LogP contribution is -2.31. The van der Waals surface area contributed by atoms with Crippen molar-refractivity contribution < 1.29 is 4.79 Å². The molecule has 1 aliphatic rings. The number of hydrogen-bond donors (Lipinski definition) is 2. The van der Waals surface area contributed by atoms with Gasteiger partial charge in [-0.1, -0.05) is 19.9 Å². The third kappa shape index (κ3) is 4.48. The Morgan fingerprint density at radius 1 is 1.20 bits per heavy atom. The van der Waals surface area contributed by atoms with Crippen LogP contribution in [-0.2, 0) is 0 Å². The maximum absolute atomic E-state index is 12.4. The highest BCUT2D eigenvalue weighted by Gasteiger charge is 2.17. The van der Waals surface area contributed by atoms with Crippen molar-refractivity contribution in [2.45, 2.75) is 46.0 Å². The zero-order valence-corrected chi connectivity index (χ0v) is 15.8. The molecule has 0 unspecified atom stereocenters. The molecule has 0 aliphatic carbocycles. The van der Waals surface area contributed by atoms with Gasteiger partial charge in [0.15, 0.2) is 0 Å². The Morgan fingerprint density at radius 2 is 1.96 bits per heavy atom. The molecule has 6 nitrogen and oxygen atoms in total. The predicted molar refractivity (Wildman–Crippen MR) is 104 cm³/mol. The fourth-order valence-electron chi connectivity index (χ4n) is 2.91. The van der Waals surface area contributed by atoms with E-state index in [1.807, 2.05) is 26.0 Å². The smallest absolute Gasteiger partial charge is 0.325 e. The van der Waals surface area contributed by atoms with Crippen molar-refractivity contribution in [3.05, 3.63) is 29.6 Å². The number of carbonyl (C=O) groups is 1. The maximum atomic E-state index is 12.4. The number of benzene rings is 1. The van der Waals surface area contributed by atoms with Crippen molar-refractivity contribution in [2.75, 3.05) is 28.6 Å². The number of amides is 2. The summed E-state index contributed by atoms with van der Waals surface area (Å²) in [6.07, 6.45) is 3.67. The molecular formula is C18H25N5OS. The second kappa shape index (κ2) is 7.82. The van der Waals surface area contributed by atoms with Crippen molar-refractivity contribution in [3.63, 3.8) is 0 Å². The molecule has 2 amide bonds. The maximum Gasteiger partial charge on any atom is 0.325 e. The minimum absolute atomic E-state index is 0.248. The highest BCUT2D eigenvalue weighted by Crippen LogP contribution is 2.30. The van der Waals surface area contributed by atoms with Gasteiger partial charge in [-0.3, -0.25) is 5.32 Å². The van der Waals surface area contributed by atoms with Crippen molar-refractivity contribution >= 4 is 34.1 Å². The number of aryl methyl sites for hydroxylation is 1. The second-order valence-electron chi connectivity index (χ2n) is 6.76. The van der Waals surface area contributed by atoms with Gasteiger partial charge in [-0.05, 0) is 43.9 Å². The van der Waals surface area contributed by atoms with Crippen molar-refractivity contribution in [1.29, 1.82) is 0 Å². The summed E-state index contributed by atoms with van der Waals surface area (Å²) in [5.41, 5.74) is 3.12. The van der Waals surface area contributed by atoms with Crippen LogP contribution in [0.15, 0.2) is 18.2 Å². The summed E-state index contributed by atoms with van der Waals surface area (Å²) in [5, 5.41) is 6.28. The average molecular weight is 359 g/mol. The Hall–Kier alpha value is -2.15. The van der Waals surface area contributed by atoms with Gasteiger partial charge >= 0.3 is 6.03 Å². The number of urea groups is 1. The molecule has 3 rings (SSSR count). The molecule has 2 N–H and O–H groups in total. The molecule has 0 radical (unpaired) electrons. The summed E-state index contributed by atoms with van der Waals surface area (Å²) in [5.74, 6) is 1.00. The van der Waals surface area contributed by atoms with Crippen LogP contribution in [0.4, 0.5) is 21.3 Å². The minimum atomic E-state index is -0.284. The van der Waals surface area contributed by atoms with Crippen molar-refractivity contribution in [3.8, 4) is 0 Å². The highest BCUT2D eigenvalue weighted by atomic mass is 32.1. The summed E-state index contributed by atoms with van der Waals surface area (Å²) >= 11 is 1.21. The van der Waals surface area contributed by atoms with Crippen LogP contribution in [0, 0.1) is 6.92 Å². The molecule has 2 aromatic rings. The van der Waals surface area contributed by atoms with E-state index < -0.39 is 0 Å². The molecule has 25 heavy (non-hydrogen) atoms. The van der Waals surface area contributed by atoms with Crippen molar-refractivity contribution in [1.82, 2.24) is 9.36 Å². The van der Waals surface area contributed by atoms with E-state index in [0.29, 0.717) is 5.13 Å². The van der Waals surface area contributed by atoms with Gasteiger partial charge in [-0.15, -0.1) is 0 Å². The van der Waals surface area contributed by atoms with E-state index in [1.165, 1.54) is 36.4 Å². The standard InChI is InChI=1S/C18H25N5OS/c1-12(2)16-20-18(25-22-16)21-17(24)19-14-8-7-13(3)11-15(14)23-9-5-4-6-10-23/h7-8,11-12H,4-6,9-10H2,1-3H3,(H2,19,20,21,22,24). The van der Waals surface area contributed by atoms with Gasteiger partial charge in [-0.2, -0.15) is 4.37 Å². The third-order valence-electron chi connectivity index (χ3n) is 4.28. The summed E-state index contributed by atoms with van der Waals surface area (Å²) in [6.45, 7) is 8.21. The number of aromatic nitrogens is 2. The van der Waals surface area contributed by atoms with E-state index >= 15 is 0 Å². The van der Waals surface area contributed by atoms with Crippen LogP contribution in [0.5, 0.6) is 0 Å². The fraction of sp³-hybridized carbons (Fsp3) is 0.500. The van der Waals surface area contributed by atoms with E-state index in [1.54, 1.807) is 0 Å². The van der Waals surface area contributed by atoms with Crippen LogP contribution < -0.4 is 15.5 Å². The molecular weight excluding hydrogens is 334 g/mol. The van der Waals surface area contributed by atoms with Crippen molar-refractivity contribution in [2.24, 2.45) is 0 Å². The quantitative estimate of drug-likeness (QED) is 0.837. The number of nitrogens with zero attached hydrogens (tertiary/aromatic N) is 3. The summed E-state index contributed by atoms with van der Waals surface area (Å²) in [7, 11) is 0. The van der Waals surface area contributed by atoms with Crippen LogP contribution in [-0.4, -0.2) is 28.5 Å². The zero-order chi connectivity index (χ0) is 17.8. The van der Waals surface area contributed by atoms with E-state index in [9.17, 15) is 4.79 Å². The molecule has 2 heterocycles. The molecule has 1 aromatic heterocycles. The number of rotatable bonds is 4. The van der Waals surface area contributed by atoms with Gasteiger partial charge in [0.05, 0.1) is 11.4 Å². The lowest BCUT2D eigenvalue weighted by atomic mass is 10.1. The van der Waals surface area contributed by atoms with Crippen LogP contribution >= 0.6 is 11.5 Å². The zero-order valence-electron chi connectivity index (χ0n) is 15.0. The first-order valence-electron chi connectivity index (χ1n) is 8.80. The van der Waals surface area contributed by atoms with Gasteiger partial charge in [0.2, 0.25) is 5.13 Å². The number of carbonyl (C=O) groups excluding carboxylic acids is 1. The predicted octanol–water partition coefficient (Wildman–Crippen LogP) is 4.60. The molecule has 0 spiro atoms. The Morgan fingerprint density at radius 3 is 2.64 bits per heavy atom. The lowest BCUT2D eigenvalue weighted by molar-refractivity contribution is 0.262. The lowest BCUT2D eigenvalue weighted by Gasteiger charge is -2.30. The molecule has 1 saturated heterocycles. The number of piperidine rings is 1. The molecule has 1 fully saturated rings. The Labute approximate surface area is 152 Å². The molecule has 7 heteroatoms. The SMILES string of the molecule is Cc1ccc(NC(=O)Nc2nc(C(C)C)ns2)c(N2CCCCC2)c1. The normalized spacial score (nSPS) is 14.6. The topological polar surface area (TPSA) is 70.1 Å². The first-order valence-corrected chi connectivity index (χ1v) is 9.57. The van der Waals surface area contributed by atoms with Gasteiger partial charge in [0, 0.05) is 30.5 Å². The molecule has 1 aliphatic heterocycles. The number of hydrogen-bond acceptors (Lipinski definition) is 5. The Kier molecular flexibility index (Phi) is 5.53. The average Bonchev–Trinajstić information content (AvgIpc) is 3.06. The van der Waals surface area contributed by atoms with E-state index in [4.69, 9.17) is 0 Å². The first kappa shape index (κ1) is 17.7. The molecule has 0 saturated carbocycles. The van der Waals surface area contributed by atoms with Gasteiger partial charge in [0.1, 0.15) is 5.82 Å². The van der Waals surface area contributed by atoms with E-state index in [-0.39, 0.29) is 11.9 Å². The van der Waals surface area contributed by atoms with Crippen LogP contribution in [0.2, 0.25) is 0 Å². The Bertz CT molecular complexity index is 737. The third-order valence-corrected chi connectivity index (χ3v) is 4.92. The monoisotopic (exact) mass is 359 g/mol. The summed E-state index contributed by atoms with van der Waals surface area (Å²) in [4.78, 5) is 19.1. The van der Waals surface area contributed by atoms with Gasteiger partial charge < -0.3 is 10.2 Å². The largest absolute Gasteiger partial charge is 0.370 e. The van der Waals surface area contributed by atoms with Crippen LogP contribution in [0.3, 0.4) is 0 Å². The molecule has 0 atom stereocenters. The van der Waals surface area contributed by atoms with Crippen LogP contribution in [0.1, 0.15) is 50.4 Å². The highest BCUT2D eigenvalue weighted by molar-refractivity contribution is 7.09. The summed E-state index contributed by atoms with van der Waals surface area (Å²) in [6, 6.07) is 5.85. The molecule has 134 valence electrons. The minimum Gasteiger partial charge on any atom is -0.370 e. The second-order valence-corrected chi connectivity index (χ2v) is 7.51. The van der Waals surface area contributed by atoms with Gasteiger partial charge in [0.25, 0.3) is 0 Å². The molecule has 1 aromatic carbocycles. The Balaban J connectivity index is 1.71. The number of nitrogens with one attached hydrogen (secondary N) is 2. The van der Waals surface area contributed by atoms with E-state index in [2.05, 4.69) is 37.9 Å². The van der Waals surface area contributed by atoms with Crippen LogP contribution in [0.25, 0.3) is 0 Å². The molecule has 0 bridgehead atoms. The number of anilines is 3. The van der Waals surface area contributed by atoms with E-state index in [0.717, 1.165) is 30.3 Å². The fourth-order valence-corrected chi connectivity index (χ4v) is 3.62. The van der Waals surface area contributed by atoms with Gasteiger partial charge in [-0.25, -0.2) is 9.78 Å². The first-order chi connectivity index (χ1) is 12.0. The summed E-state index contributed by atoms with van der Waals surface area (Å²) < 4.78 is 4.26.